The third-order valence-electron chi connectivity index (χ3n) is 4.63. The number of carboxylic acid groups (broad SMARTS) is 1. The number of carbonyl (C=O) groups is 3. The van der Waals surface area contributed by atoms with E-state index < -0.39 is 17.7 Å². The predicted octanol–water partition coefficient (Wildman–Crippen LogP) is 0.956. The SMILES string of the molecule is CCOC(=O)N1CCN(c2ccc(C(CNCNC(C)=O)C(=O)O)cc2F)CC1. The smallest absolute Gasteiger partial charge is 0.409 e. The molecule has 1 saturated heterocycles. The minimum atomic E-state index is -1.09. The van der Waals surface area contributed by atoms with E-state index >= 15 is 0 Å². The summed E-state index contributed by atoms with van der Waals surface area (Å²) in [5, 5.41) is 14.8. The number of halogens is 1. The molecule has 2 amide bonds. The van der Waals surface area contributed by atoms with Crippen LogP contribution in [-0.2, 0) is 14.3 Å². The number of piperazine rings is 1. The van der Waals surface area contributed by atoms with Gasteiger partial charge in [-0.2, -0.15) is 0 Å². The summed E-state index contributed by atoms with van der Waals surface area (Å²) in [6.45, 7) is 5.33. The first-order chi connectivity index (χ1) is 13.8. The van der Waals surface area contributed by atoms with Crippen molar-refractivity contribution < 1.29 is 28.6 Å². The quantitative estimate of drug-likeness (QED) is 0.432. The Hall–Kier alpha value is -2.88. The number of carbonyl (C=O) groups excluding carboxylic acids is 2. The van der Waals surface area contributed by atoms with Gasteiger partial charge in [-0.05, 0) is 24.6 Å². The first-order valence-corrected chi connectivity index (χ1v) is 9.47. The highest BCUT2D eigenvalue weighted by molar-refractivity contribution is 5.77. The summed E-state index contributed by atoms with van der Waals surface area (Å²) in [6, 6.07) is 4.38. The van der Waals surface area contributed by atoms with Gasteiger partial charge in [0.15, 0.2) is 0 Å². The van der Waals surface area contributed by atoms with Crippen molar-refractivity contribution in [3.05, 3.63) is 29.6 Å². The molecule has 1 aromatic carbocycles. The molecule has 2 rings (SSSR count). The third-order valence-corrected chi connectivity index (χ3v) is 4.63. The van der Waals surface area contributed by atoms with Crippen molar-refractivity contribution in [1.29, 1.82) is 0 Å². The van der Waals surface area contributed by atoms with Gasteiger partial charge >= 0.3 is 12.1 Å². The van der Waals surface area contributed by atoms with Gasteiger partial charge in [0, 0.05) is 39.6 Å². The van der Waals surface area contributed by atoms with Crippen LogP contribution < -0.4 is 15.5 Å². The van der Waals surface area contributed by atoms with Crippen molar-refractivity contribution in [2.45, 2.75) is 19.8 Å². The molecular formula is C19H27FN4O5. The van der Waals surface area contributed by atoms with Crippen molar-refractivity contribution in [2.75, 3.05) is 50.9 Å². The lowest BCUT2D eigenvalue weighted by Gasteiger charge is -2.35. The van der Waals surface area contributed by atoms with Gasteiger partial charge in [0.25, 0.3) is 0 Å². The third kappa shape index (κ3) is 6.31. The van der Waals surface area contributed by atoms with Gasteiger partial charge in [-0.3, -0.25) is 14.9 Å². The molecule has 1 unspecified atom stereocenters. The average Bonchev–Trinajstić information content (AvgIpc) is 2.67. The maximum atomic E-state index is 14.7. The minimum Gasteiger partial charge on any atom is -0.481 e. The zero-order valence-electron chi connectivity index (χ0n) is 16.6. The fourth-order valence-electron chi connectivity index (χ4n) is 3.09. The van der Waals surface area contributed by atoms with E-state index in [2.05, 4.69) is 10.6 Å². The molecule has 1 aliphatic rings. The van der Waals surface area contributed by atoms with Crippen LogP contribution in [0.4, 0.5) is 14.9 Å². The molecule has 0 spiro atoms. The molecule has 1 atom stereocenters. The van der Waals surface area contributed by atoms with Gasteiger partial charge in [0.05, 0.1) is 24.9 Å². The molecule has 0 bridgehead atoms. The Balaban J connectivity index is 2.00. The summed E-state index contributed by atoms with van der Waals surface area (Å²) in [5.74, 6) is -2.79. The maximum absolute atomic E-state index is 14.7. The largest absolute Gasteiger partial charge is 0.481 e. The van der Waals surface area contributed by atoms with E-state index in [9.17, 15) is 23.9 Å². The number of aliphatic carboxylic acids is 1. The molecule has 1 aromatic rings. The number of hydrogen-bond donors (Lipinski definition) is 3. The summed E-state index contributed by atoms with van der Waals surface area (Å²) in [7, 11) is 0. The molecule has 1 heterocycles. The second-order valence-electron chi connectivity index (χ2n) is 6.64. The number of nitrogens with one attached hydrogen (secondary N) is 2. The Morgan fingerprint density at radius 1 is 1.24 bits per heavy atom. The fourth-order valence-corrected chi connectivity index (χ4v) is 3.09. The number of hydrogen-bond acceptors (Lipinski definition) is 6. The number of nitrogens with zero attached hydrogens (tertiary/aromatic N) is 2. The summed E-state index contributed by atoms with van der Waals surface area (Å²) >= 11 is 0. The second-order valence-corrected chi connectivity index (χ2v) is 6.64. The molecule has 0 aromatic heterocycles. The van der Waals surface area contributed by atoms with Crippen LogP contribution in [0, 0.1) is 5.82 Å². The van der Waals surface area contributed by atoms with Crippen molar-refractivity contribution in [3.8, 4) is 0 Å². The van der Waals surface area contributed by atoms with Crippen molar-refractivity contribution in [1.82, 2.24) is 15.5 Å². The number of ether oxygens (including phenoxy) is 1. The Bertz CT molecular complexity index is 737. The van der Waals surface area contributed by atoms with Gasteiger partial charge in [0.1, 0.15) is 5.82 Å². The molecule has 29 heavy (non-hydrogen) atoms. The Morgan fingerprint density at radius 2 is 1.93 bits per heavy atom. The molecule has 160 valence electrons. The Kier molecular flexibility index (Phi) is 8.20. The average molecular weight is 410 g/mol. The van der Waals surface area contributed by atoms with Crippen LogP contribution >= 0.6 is 0 Å². The molecule has 0 saturated carbocycles. The molecular weight excluding hydrogens is 383 g/mol. The minimum absolute atomic E-state index is 0.0482. The number of amides is 2. The van der Waals surface area contributed by atoms with E-state index in [1.54, 1.807) is 24.0 Å². The van der Waals surface area contributed by atoms with Gasteiger partial charge in [-0.25, -0.2) is 9.18 Å². The van der Waals surface area contributed by atoms with Crippen molar-refractivity contribution in [3.63, 3.8) is 0 Å². The van der Waals surface area contributed by atoms with E-state index in [0.29, 0.717) is 44.0 Å². The predicted molar refractivity (Wildman–Crippen MR) is 104 cm³/mol. The molecule has 9 nitrogen and oxygen atoms in total. The Morgan fingerprint density at radius 3 is 2.48 bits per heavy atom. The molecule has 1 aliphatic heterocycles. The molecule has 1 fully saturated rings. The van der Waals surface area contributed by atoms with Gasteiger partial charge in [-0.1, -0.05) is 6.07 Å². The standard InChI is InChI=1S/C19H27FN4O5/c1-3-29-19(28)24-8-6-23(7-9-24)17-5-4-14(10-16(17)20)15(18(26)27)11-21-12-22-13(2)25/h4-5,10,15,21H,3,6-9,11-12H2,1-2H3,(H,22,25)(H,26,27). The Labute approximate surface area is 168 Å². The highest BCUT2D eigenvalue weighted by Crippen LogP contribution is 2.25. The summed E-state index contributed by atoms with van der Waals surface area (Å²) in [4.78, 5) is 37.6. The number of carboxylic acids is 1. The lowest BCUT2D eigenvalue weighted by Crippen LogP contribution is -2.49. The van der Waals surface area contributed by atoms with Crippen molar-refractivity contribution >= 4 is 23.7 Å². The van der Waals surface area contributed by atoms with Crippen LogP contribution in [0.1, 0.15) is 25.3 Å². The zero-order valence-corrected chi connectivity index (χ0v) is 16.6. The second kappa shape index (κ2) is 10.6. The monoisotopic (exact) mass is 410 g/mol. The van der Waals surface area contributed by atoms with Gasteiger partial charge in [0.2, 0.25) is 5.91 Å². The molecule has 3 N–H and O–H groups in total. The van der Waals surface area contributed by atoms with Crippen LogP contribution in [0.25, 0.3) is 0 Å². The highest BCUT2D eigenvalue weighted by atomic mass is 19.1. The fraction of sp³-hybridized carbons (Fsp3) is 0.526. The first-order valence-electron chi connectivity index (χ1n) is 9.47. The van der Waals surface area contributed by atoms with Crippen LogP contribution in [0.15, 0.2) is 18.2 Å². The number of benzene rings is 1. The highest BCUT2D eigenvalue weighted by Gasteiger charge is 2.25. The lowest BCUT2D eigenvalue weighted by molar-refractivity contribution is -0.138. The lowest BCUT2D eigenvalue weighted by atomic mass is 9.98. The molecule has 10 heteroatoms. The summed E-state index contributed by atoms with van der Waals surface area (Å²) in [5.41, 5.74) is 0.701. The summed E-state index contributed by atoms with van der Waals surface area (Å²) in [6.07, 6.45) is -0.376. The van der Waals surface area contributed by atoms with Gasteiger partial charge < -0.3 is 25.0 Å². The van der Waals surface area contributed by atoms with Crippen molar-refractivity contribution in [2.24, 2.45) is 0 Å². The number of anilines is 1. The van der Waals surface area contributed by atoms with Crippen LogP contribution in [0.3, 0.4) is 0 Å². The van der Waals surface area contributed by atoms with E-state index in [-0.39, 0.29) is 25.2 Å². The summed E-state index contributed by atoms with van der Waals surface area (Å²) < 4.78 is 19.7. The van der Waals surface area contributed by atoms with E-state index in [0.717, 1.165) is 0 Å². The zero-order chi connectivity index (χ0) is 21.4. The molecule has 0 aliphatic carbocycles. The van der Waals surface area contributed by atoms with Crippen LogP contribution in [0.5, 0.6) is 0 Å². The molecule has 0 radical (unpaired) electrons. The first kappa shape index (κ1) is 22.4. The van der Waals surface area contributed by atoms with Gasteiger partial charge in [-0.15, -0.1) is 0 Å². The van der Waals surface area contributed by atoms with E-state index in [1.165, 1.54) is 13.0 Å². The van der Waals surface area contributed by atoms with Crippen LogP contribution in [0.2, 0.25) is 0 Å². The van der Waals surface area contributed by atoms with E-state index in [4.69, 9.17) is 4.74 Å². The topological polar surface area (TPSA) is 111 Å². The normalized spacial score (nSPS) is 15.0. The van der Waals surface area contributed by atoms with E-state index in [1.807, 2.05) is 4.90 Å². The van der Waals surface area contributed by atoms with Crippen LogP contribution in [-0.4, -0.2) is 74.0 Å². The maximum Gasteiger partial charge on any atom is 0.409 e. The number of rotatable bonds is 8.